The fraction of sp³-hybridized carbons (Fsp3) is 0.353. The largest absolute Gasteiger partial charge is 0.496 e. The van der Waals surface area contributed by atoms with E-state index in [4.69, 9.17) is 14.2 Å². The monoisotopic (exact) mass is 588 g/mol. The van der Waals surface area contributed by atoms with E-state index in [1.807, 2.05) is 35.7 Å². The van der Waals surface area contributed by atoms with Crippen molar-refractivity contribution in [2.24, 2.45) is 0 Å². The summed E-state index contributed by atoms with van der Waals surface area (Å²) in [5.41, 5.74) is 10.0. The van der Waals surface area contributed by atoms with Crippen LogP contribution >= 0.6 is 23.5 Å². The number of rotatable bonds is 10. The van der Waals surface area contributed by atoms with Crippen LogP contribution in [-0.4, -0.2) is 40.0 Å². The molecule has 0 amide bonds. The van der Waals surface area contributed by atoms with Crippen molar-refractivity contribution in [3.8, 4) is 17.2 Å². The summed E-state index contributed by atoms with van der Waals surface area (Å²) in [6.07, 6.45) is 10.8. The molecule has 216 valence electrons. The zero-order valence-corrected chi connectivity index (χ0v) is 26.5. The van der Waals surface area contributed by atoms with E-state index >= 15 is 0 Å². The highest BCUT2D eigenvalue weighted by atomic mass is 32.2. The van der Waals surface area contributed by atoms with Gasteiger partial charge >= 0.3 is 0 Å². The molecular weight excluding hydrogens is 549 g/mol. The number of anilines is 2. The fourth-order valence-corrected chi connectivity index (χ4v) is 7.84. The molecule has 2 heterocycles. The van der Waals surface area contributed by atoms with Crippen LogP contribution in [0, 0.1) is 6.92 Å². The first-order chi connectivity index (χ1) is 20.0. The van der Waals surface area contributed by atoms with Gasteiger partial charge in [0, 0.05) is 29.1 Å². The van der Waals surface area contributed by atoms with Gasteiger partial charge in [-0.3, -0.25) is 0 Å². The number of thioether (sulfide) groups is 2. The van der Waals surface area contributed by atoms with Crippen LogP contribution in [0.3, 0.4) is 0 Å². The Labute approximate surface area is 253 Å². The van der Waals surface area contributed by atoms with Crippen molar-refractivity contribution in [2.75, 3.05) is 49.8 Å². The Kier molecular flexibility index (Phi) is 9.15. The van der Waals surface area contributed by atoms with Crippen LogP contribution in [0.25, 0.3) is 0 Å². The van der Waals surface area contributed by atoms with Gasteiger partial charge in [-0.25, -0.2) is 0 Å². The number of methoxy groups -OCH3 is 2. The van der Waals surface area contributed by atoms with E-state index in [0.29, 0.717) is 6.73 Å². The van der Waals surface area contributed by atoms with Crippen LogP contribution in [-0.2, 0) is 32.4 Å². The van der Waals surface area contributed by atoms with Crippen LogP contribution < -0.4 is 24.0 Å². The molecule has 0 spiro atoms. The second-order valence-electron chi connectivity index (χ2n) is 10.5. The zero-order chi connectivity index (χ0) is 29.1. The topological polar surface area (TPSA) is 34.2 Å². The van der Waals surface area contributed by atoms with Gasteiger partial charge in [-0.15, -0.1) is 36.7 Å². The average molecular weight is 589 g/mol. The van der Waals surface area contributed by atoms with Crippen molar-refractivity contribution < 1.29 is 14.2 Å². The summed E-state index contributed by atoms with van der Waals surface area (Å²) in [5, 5.41) is 0. The Balaban J connectivity index is 1.56. The number of hydrogen-bond acceptors (Lipinski definition) is 7. The normalized spacial score (nSPS) is 14.2. The van der Waals surface area contributed by atoms with Gasteiger partial charge in [0.2, 0.25) is 0 Å². The van der Waals surface area contributed by atoms with Crippen LogP contribution in [0.2, 0.25) is 0 Å². The van der Waals surface area contributed by atoms with Gasteiger partial charge in [0.15, 0.2) is 18.2 Å². The van der Waals surface area contributed by atoms with Gasteiger partial charge in [-0.2, -0.15) is 0 Å². The van der Waals surface area contributed by atoms with Crippen molar-refractivity contribution in [2.45, 2.75) is 49.1 Å². The first-order valence-electron chi connectivity index (χ1n) is 13.9. The number of aryl methyl sites for hydroxylation is 1. The van der Waals surface area contributed by atoms with Crippen LogP contribution in [0.15, 0.2) is 65.4 Å². The second-order valence-corrected chi connectivity index (χ2v) is 12.1. The minimum Gasteiger partial charge on any atom is -0.496 e. The molecule has 0 aliphatic carbocycles. The maximum absolute atomic E-state index is 6.38. The van der Waals surface area contributed by atoms with Crippen LogP contribution in [0.4, 0.5) is 11.4 Å². The van der Waals surface area contributed by atoms with E-state index in [9.17, 15) is 0 Å². The SMILES string of the molecule is C=CCc1cc2c(c(OC)c1)CCN(c1c(SC)cc(C)c(N3COc4c(cc(CC=C)cc4OC)C3)c1SC)C2. The third kappa shape index (κ3) is 5.67. The molecule has 0 radical (unpaired) electrons. The van der Waals surface area contributed by atoms with Gasteiger partial charge < -0.3 is 24.0 Å². The minimum atomic E-state index is 0.474. The summed E-state index contributed by atoms with van der Waals surface area (Å²) in [5.74, 6) is 2.63. The van der Waals surface area contributed by atoms with E-state index in [2.05, 4.69) is 72.7 Å². The number of benzene rings is 3. The molecule has 7 heteroatoms. The summed E-state index contributed by atoms with van der Waals surface area (Å²) < 4.78 is 17.9. The molecule has 0 bridgehead atoms. The van der Waals surface area contributed by atoms with Gasteiger partial charge in [0.25, 0.3) is 0 Å². The van der Waals surface area contributed by atoms with Crippen LogP contribution in [0.1, 0.15) is 33.4 Å². The zero-order valence-electron chi connectivity index (χ0n) is 24.8. The summed E-state index contributed by atoms with van der Waals surface area (Å²) >= 11 is 3.65. The van der Waals surface area contributed by atoms with Crippen LogP contribution in [0.5, 0.6) is 17.2 Å². The van der Waals surface area contributed by atoms with Crippen molar-refractivity contribution in [1.82, 2.24) is 0 Å². The highest BCUT2D eigenvalue weighted by molar-refractivity contribution is 7.99. The molecule has 2 aliphatic heterocycles. The highest BCUT2D eigenvalue weighted by Gasteiger charge is 2.30. The first-order valence-corrected chi connectivity index (χ1v) is 16.4. The molecule has 0 N–H and O–H groups in total. The van der Waals surface area contributed by atoms with Crippen molar-refractivity contribution in [3.63, 3.8) is 0 Å². The number of ether oxygens (including phenoxy) is 3. The Morgan fingerprint density at radius 1 is 0.854 bits per heavy atom. The van der Waals surface area contributed by atoms with E-state index < -0.39 is 0 Å². The standard InChI is InChI=1S/C34H40N2O3S2/c1-8-10-23-15-25-19-35(13-12-27(25)28(17-23)37-4)32-30(40-6)14-22(3)31(34(32)41-7)36-20-26-16-24(11-9-2)18-29(38-5)33(26)39-21-36/h8-9,14-18H,1-2,10-13,19-21H2,3-7H3. The first kappa shape index (κ1) is 29.3. The average Bonchev–Trinajstić information content (AvgIpc) is 2.99. The molecule has 5 rings (SSSR count). The van der Waals surface area contributed by atoms with E-state index in [0.717, 1.165) is 61.7 Å². The van der Waals surface area contributed by atoms with E-state index in [1.54, 1.807) is 14.2 Å². The van der Waals surface area contributed by atoms with E-state index in [1.165, 1.54) is 49.0 Å². The summed E-state index contributed by atoms with van der Waals surface area (Å²) in [6.45, 7) is 13.1. The molecule has 41 heavy (non-hydrogen) atoms. The fourth-order valence-electron chi connectivity index (χ4n) is 6.14. The highest BCUT2D eigenvalue weighted by Crippen LogP contribution is 2.48. The molecule has 0 atom stereocenters. The maximum atomic E-state index is 6.38. The van der Waals surface area contributed by atoms with Gasteiger partial charge in [0.1, 0.15) is 5.75 Å². The minimum absolute atomic E-state index is 0.474. The number of hydrogen-bond donors (Lipinski definition) is 0. The number of allylic oxidation sites excluding steroid dienone is 2. The lowest BCUT2D eigenvalue weighted by Gasteiger charge is -2.38. The molecule has 0 unspecified atom stereocenters. The molecule has 5 nitrogen and oxygen atoms in total. The Morgan fingerprint density at radius 2 is 1.51 bits per heavy atom. The van der Waals surface area contributed by atoms with Crippen molar-refractivity contribution in [1.29, 1.82) is 0 Å². The van der Waals surface area contributed by atoms with Crippen molar-refractivity contribution >= 4 is 34.9 Å². The predicted molar refractivity (Wildman–Crippen MR) is 175 cm³/mol. The molecular formula is C34H40N2O3S2. The molecule has 0 saturated heterocycles. The third-order valence-corrected chi connectivity index (χ3v) is 9.46. The lowest BCUT2D eigenvalue weighted by molar-refractivity contribution is 0.269. The molecule has 3 aromatic carbocycles. The van der Waals surface area contributed by atoms with E-state index in [-0.39, 0.29) is 0 Å². The molecule has 2 aliphatic rings. The summed E-state index contributed by atoms with van der Waals surface area (Å²) in [6, 6.07) is 11.1. The summed E-state index contributed by atoms with van der Waals surface area (Å²) in [4.78, 5) is 7.54. The third-order valence-electron chi connectivity index (χ3n) is 7.91. The number of fused-ring (bicyclic) bond motifs is 2. The lowest BCUT2D eigenvalue weighted by Crippen LogP contribution is -2.35. The molecule has 0 saturated carbocycles. The molecule has 3 aromatic rings. The smallest absolute Gasteiger partial charge is 0.168 e. The summed E-state index contributed by atoms with van der Waals surface area (Å²) in [7, 11) is 3.48. The predicted octanol–water partition coefficient (Wildman–Crippen LogP) is 7.83. The van der Waals surface area contributed by atoms with Gasteiger partial charge in [0.05, 0.1) is 37.0 Å². The quantitative estimate of drug-likeness (QED) is 0.176. The van der Waals surface area contributed by atoms with Gasteiger partial charge in [-0.05, 0) is 85.2 Å². The Hall–Kier alpha value is -3.16. The maximum Gasteiger partial charge on any atom is 0.168 e. The number of nitrogens with zero attached hydrogens (tertiary/aromatic N) is 2. The lowest BCUT2D eigenvalue weighted by atomic mass is 9.94. The molecule has 0 fully saturated rings. The molecule has 0 aromatic heterocycles. The Morgan fingerprint density at radius 3 is 2.15 bits per heavy atom. The van der Waals surface area contributed by atoms with Crippen molar-refractivity contribution in [3.05, 3.63) is 89.0 Å². The second kappa shape index (κ2) is 12.8. The van der Waals surface area contributed by atoms with Gasteiger partial charge in [-0.1, -0.05) is 18.2 Å². The Bertz CT molecular complexity index is 1470.